The summed E-state index contributed by atoms with van der Waals surface area (Å²) in [7, 11) is 0. The van der Waals surface area contributed by atoms with Gasteiger partial charge in [0.1, 0.15) is 0 Å². The Kier molecular flexibility index (Phi) is 9.68. The van der Waals surface area contributed by atoms with Crippen LogP contribution in [-0.2, 0) is 14.3 Å². The Morgan fingerprint density at radius 2 is 1.82 bits per heavy atom. The number of hydrogen-bond donors (Lipinski definition) is 0. The van der Waals surface area contributed by atoms with Gasteiger partial charge in [0.25, 0.3) is 0 Å². The molecule has 5 nitrogen and oxygen atoms in total. The molecule has 22 heavy (non-hydrogen) atoms. The monoisotopic (exact) mass is 314 g/mol. The van der Waals surface area contributed by atoms with E-state index >= 15 is 0 Å². The molecule has 2 aliphatic heterocycles. The van der Waals surface area contributed by atoms with Gasteiger partial charge >= 0.3 is 0 Å². The maximum atomic E-state index is 11.0. The molecule has 2 saturated heterocycles. The second-order valence-electron chi connectivity index (χ2n) is 6.71. The molecule has 0 aliphatic carbocycles. The number of likely N-dealkylation sites (tertiary alicyclic amines) is 1. The fourth-order valence-electron chi connectivity index (χ4n) is 2.58. The van der Waals surface area contributed by atoms with Crippen molar-refractivity contribution >= 4 is 5.91 Å². The molecule has 2 aliphatic rings. The summed E-state index contributed by atoms with van der Waals surface area (Å²) in [4.78, 5) is 15.4. The normalized spacial score (nSPS) is 19.7. The van der Waals surface area contributed by atoms with E-state index in [1.165, 1.54) is 0 Å². The van der Waals surface area contributed by atoms with Crippen LogP contribution in [-0.4, -0.2) is 74.4 Å². The summed E-state index contributed by atoms with van der Waals surface area (Å²) in [5, 5.41) is 0. The number of carbonyl (C=O) groups is 1. The minimum Gasteiger partial charge on any atom is -0.379 e. The number of rotatable bonds is 6. The van der Waals surface area contributed by atoms with E-state index in [4.69, 9.17) is 9.47 Å². The Labute approximate surface area is 135 Å². The van der Waals surface area contributed by atoms with E-state index in [-0.39, 0.29) is 0 Å². The summed E-state index contributed by atoms with van der Waals surface area (Å²) < 4.78 is 10.7. The topological polar surface area (TPSA) is 42.0 Å². The zero-order valence-electron chi connectivity index (χ0n) is 14.8. The highest BCUT2D eigenvalue weighted by Gasteiger charge is 2.19. The summed E-state index contributed by atoms with van der Waals surface area (Å²) in [5.41, 5.74) is 0. The Bertz CT molecular complexity index is 302. The predicted molar refractivity (Wildman–Crippen MR) is 89.0 cm³/mol. The highest BCUT2D eigenvalue weighted by atomic mass is 16.5. The first-order valence-corrected chi connectivity index (χ1v) is 8.68. The van der Waals surface area contributed by atoms with E-state index in [1.807, 2.05) is 4.90 Å². The molecule has 130 valence electrons. The molecule has 2 fully saturated rings. The molecule has 0 radical (unpaired) electrons. The van der Waals surface area contributed by atoms with E-state index in [1.54, 1.807) is 0 Å². The van der Waals surface area contributed by atoms with Crippen molar-refractivity contribution < 1.29 is 14.3 Å². The number of carbonyl (C=O) groups excluding carboxylic acids is 1. The molecule has 5 heteroatoms. The quantitative estimate of drug-likeness (QED) is 0.752. The molecule has 0 bridgehead atoms. The number of morpholine rings is 1. The van der Waals surface area contributed by atoms with Gasteiger partial charge in [0, 0.05) is 39.1 Å². The first-order valence-electron chi connectivity index (χ1n) is 8.68. The van der Waals surface area contributed by atoms with Crippen molar-refractivity contribution in [3.63, 3.8) is 0 Å². The van der Waals surface area contributed by atoms with E-state index < -0.39 is 0 Å². The zero-order valence-corrected chi connectivity index (χ0v) is 14.8. The lowest BCUT2D eigenvalue weighted by Crippen LogP contribution is -2.38. The van der Waals surface area contributed by atoms with Gasteiger partial charge in [-0.2, -0.15) is 0 Å². The smallest absolute Gasteiger partial charge is 0.222 e. The standard InChI is InChI=1S/C9H19NO2.C8H15NO/c1-9(2)12-8-5-10-3-6-11-7-4-10;1-7(2)6-9-5-3-4-8(9)10/h9H,3-8H2,1-2H3;7H,3-6H2,1-2H3. The van der Waals surface area contributed by atoms with Gasteiger partial charge in [-0.15, -0.1) is 0 Å². The van der Waals surface area contributed by atoms with E-state index in [0.29, 0.717) is 17.9 Å². The second kappa shape index (κ2) is 11.0. The third kappa shape index (κ3) is 8.71. The Balaban J connectivity index is 0.000000224. The summed E-state index contributed by atoms with van der Waals surface area (Å²) >= 11 is 0. The Hall–Kier alpha value is -0.650. The SMILES string of the molecule is CC(C)CN1CCCC1=O.CC(C)OCCN1CCOCC1. The summed E-state index contributed by atoms with van der Waals surface area (Å²) in [6, 6.07) is 0. The molecule has 2 heterocycles. The zero-order chi connectivity index (χ0) is 16.4. The van der Waals surface area contributed by atoms with Gasteiger partial charge in [-0.25, -0.2) is 0 Å². The van der Waals surface area contributed by atoms with Crippen LogP contribution in [0.1, 0.15) is 40.5 Å². The van der Waals surface area contributed by atoms with Crippen molar-refractivity contribution in [3.8, 4) is 0 Å². The van der Waals surface area contributed by atoms with Crippen molar-refractivity contribution in [3.05, 3.63) is 0 Å². The maximum absolute atomic E-state index is 11.0. The van der Waals surface area contributed by atoms with Crippen LogP contribution in [0.4, 0.5) is 0 Å². The van der Waals surface area contributed by atoms with Crippen molar-refractivity contribution in [1.82, 2.24) is 9.80 Å². The summed E-state index contributed by atoms with van der Waals surface area (Å²) in [5.74, 6) is 0.954. The lowest BCUT2D eigenvalue weighted by molar-refractivity contribution is -0.128. The lowest BCUT2D eigenvalue weighted by atomic mass is 10.2. The van der Waals surface area contributed by atoms with Crippen molar-refractivity contribution in [2.45, 2.75) is 46.6 Å². The van der Waals surface area contributed by atoms with E-state index in [0.717, 1.165) is 65.4 Å². The van der Waals surface area contributed by atoms with Gasteiger partial charge in [-0.3, -0.25) is 9.69 Å². The molecule has 0 atom stereocenters. The molecule has 0 N–H and O–H groups in total. The highest BCUT2D eigenvalue weighted by molar-refractivity contribution is 5.78. The number of nitrogens with zero attached hydrogens (tertiary/aromatic N) is 2. The van der Waals surface area contributed by atoms with Crippen molar-refractivity contribution in [2.75, 3.05) is 52.5 Å². The van der Waals surface area contributed by atoms with Gasteiger partial charge in [-0.05, 0) is 26.2 Å². The molecule has 0 aromatic rings. The molecule has 0 unspecified atom stereocenters. The molecule has 2 rings (SSSR count). The van der Waals surface area contributed by atoms with Gasteiger partial charge in [0.2, 0.25) is 5.91 Å². The van der Waals surface area contributed by atoms with Crippen LogP contribution >= 0.6 is 0 Å². The minimum atomic E-state index is 0.341. The second-order valence-corrected chi connectivity index (χ2v) is 6.71. The highest BCUT2D eigenvalue weighted by Crippen LogP contribution is 2.11. The van der Waals surface area contributed by atoms with Crippen molar-refractivity contribution in [2.24, 2.45) is 5.92 Å². The molecule has 0 spiro atoms. The molecule has 1 amide bonds. The number of ether oxygens (including phenoxy) is 2. The van der Waals surface area contributed by atoms with Crippen LogP contribution in [0.15, 0.2) is 0 Å². The molecule has 0 saturated carbocycles. The summed E-state index contributed by atoms with van der Waals surface area (Å²) in [6.45, 7) is 16.1. The average Bonchev–Trinajstić information content (AvgIpc) is 2.85. The Morgan fingerprint density at radius 1 is 1.14 bits per heavy atom. The van der Waals surface area contributed by atoms with Crippen LogP contribution in [0.2, 0.25) is 0 Å². The number of hydrogen-bond acceptors (Lipinski definition) is 4. The van der Waals surface area contributed by atoms with Crippen LogP contribution in [0.3, 0.4) is 0 Å². The lowest BCUT2D eigenvalue weighted by Gasteiger charge is -2.26. The molecule has 0 aromatic heterocycles. The van der Waals surface area contributed by atoms with Gasteiger partial charge < -0.3 is 14.4 Å². The van der Waals surface area contributed by atoms with E-state index in [2.05, 4.69) is 32.6 Å². The van der Waals surface area contributed by atoms with E-state index in [9.17, 15) is 4.79 Å². The predicted octanol–water partition coefficient (Wildman–Crippen LogP) is 2.01. The van der Waals surface area contributed by atoms with Crippen LogP contribution in [0, 0.1) is 5.92 Å². The fourth-order valence-corrected chi connectivity index (χ4v) is 2.58. The third-order valence-electron chi connectivity index (χ3n) is 3.72. The summed E-state index contributed by atoms with van der Waals surface area (Å²) in [6.07, 6.45) is 2.18. The average molecular weight is 314 g/mol. The fraction of sp³-hybridized carbons (Fsp3) is 0.941. The van der Waals surface area contributed by atoms with Gasteiger partial charge in [-0.1, -0.05) is 13.8 Å². The van der Waals surface area contributed by atoms with Crippen LogP contribution < -0.4 is 0 Å². The largest absolute Gasteiger partial charge is 0.379 e. The third-order valence-corrected chi connectivity index (χ3v) is 3.72. The van der Waals surface area contributed by atoms with Crippen LogP contribution in [0.25, 0.3) is 0 Å². The van der Waals surface area contributed by atoms with Crippen molar-refractivity contribution in [1.29, 1.82) is 0 Å². The van der Waals surface area contributed by atoms with Gasteiger partial charge in [0.15, 0.2) is 0 Å². The molecular weight excluding hydrogens is 280 g/mol. The van der Waals surface area contributed by atoms with Gasteiger partial charge in [0.05, 0.1) is 25.9 Å². The first-order chi connectivity index (χ1) is 10.5. The molecular formula is C17H34N2O3. The molecule has 0 aromatic carbocycles. The maximum Gasteiger partial charge on any atom is 0.222 e. The number of amides is 1. The first kappa shape index (κ1) is 19.4. The van der Waals surface area contributed by atoms with Crippen LogP contribution in [0.5, 0.6) is 0 Å². The Morgan fingerprint density at radius 3 is 2.32 bits per heavy atom. The minimum absolute atomic E-state index is 0.341.